The van der Waals surface area contributed by atoms with Gasteiger partial charge in [0.05, 0.1) is 22.7 Å². The van der Waals surface area contributed by atoms with Gasteiger partial charge < -0.3 is 9.80 Å². The number of hydrogen-bond donors (Lipinski definition) is 0. The third-order valence-corrected chi connectivity index (χ3v) is 13.5. The number of rotatable bonds is 2. The zero-order valence-corrected chi connectivity index (χ0v) is 33.2. The van der Waals surface area contributed by atoms with Gasteiger partial charge in [0.2, 0.25) is 0 Å². The Morgan fingerprint density at radius 3 is 1.28 bits per heavy atom. The summed E-state index contributed by atoms with van der Waals surface area (Å²) in [5, 5.41) is 2.74. The molecular weight excluding hydrogens is 701 g/mol. The van der Waals surface area contributed by atoms with Crippen LogP contribution in [0.5, 0.6) is 0 Å². The maximum Gasteiger partial charge on any atom is 0.0534 e. The molecule has 0 bridgehead atoms. The molecule has 0 spiro atoms. The fraction of sp³-hybridized carbons (Fsp3) is 0.107. The number of anilines is 6. The summed E-state index contributed by atoms with van der Waals surface area (Å²) in [4.78, 5) is 4.90. The van der Waals surface area contributed by atoms with Gasteiger partial charge >= 0.3 is 0 Å². The molecule has 4 aliphatic rings. The summed E-state index contributed by atoms with van der Waals surface area (Å²) in [5.74, 6) is 0. The SMILES string of the molecule is CC1(C)c2cc(N3c4ccccc4C=Cc4ccccc43)ccc2-c2c1cc1c3c(cccc23)C(C)(C)c2cc(N3c4ccccc4C=Cc4ccccc43)ccc2-1. The van der Waals surface area contributed by atoms with E-state index in [1.165, 1.54) is 112 Å². The van der Waals surface area contributed by atoms with Crippen molar-refractivity contribution in [1.29, 1.82) is 0 Å². The van der Waals surface area contributed by atoms with Crippen LogP contribution in [-0.4, -0.2) is 0 Å². The molecule has 0 fully saturated rings. The van der Waals surface area contributed by atoms with Gasteiger partial charge in [-0.05, 0) is 132 Å². The predicted octanol–water partition coefficient (Wildman–Crippen LogP) is 15.4. The molecule has 2 aliphatic heterocycles. The lowest BCUT2D eigenvalue weighted by molar-refractivity contribution is 0.644. The van der Waals surface area contributed by atoms with Crippen molar-refractivity contribution in [2.45, 2.75) is 38.5 Å². The monoisotopic (exact) mass is 742 g/mol. The lowest BCUT2D eigenvalue weighted by Gasteiger charge is -2.37. The van der Waals surface area contributed by atoms with Crippen LogP contribution in [0.1, 0.15) is 72.2 Å². The molecule has 0 N–H and O–H groups in total. The second-order valence-corrected chi connectivity index (χ2v) is 17.4. The molecule has 2 nitrogen and oxygen atoms in total. The van der Waals surface area contributed by atoms with Crippen molar-refractivity contribution in [3.8, 4) is 22.3 Å². The minimum atomic E-state index is -0.225. The molecule has 2 heterocycles. The number of benzene rings is 8. The minimum Gasteiger partial charge on any atom is -0.309 e. The van der Waals surface area contributed by atoms with Gasteiger partial charge in [-0.2, -0.15) is 0 Å². The van der Waals surface area contributed by atoms with Crippen LogP contribution >= 0.6 is 0 Å². The van der Waals surface area contributed by atoms with E-state index in [4.69, 9.17) is 0 Å². The normalized spacial score (nSPS) is 15.7. The molecule has 0 amide bonds. The molecule has 2 heteroatoms. The Kier molecular flexibility index (Phi) is 6.78. The molecule has 8 aromatic carbocycles. The third-order valence-electron chi connectivity index (χ3n) is 13.5. The van der Waals surface area contributed by atoms with Gasteiger partial charge in [0.25, 0.3) is 0 Å². The van der Waals surface area contributed by atoms with Crippen LogP contribution in [-0.2, 0) is 10.8 Å². The summed E-state index contributed by atoms with van der Waals surface area (Å²) in [6, 6.07) is 59.0. The number of nitrogens with zero attached hydrogens (tertiary/aromatic N) is 2. The first-order chi connectivity index (χ1) is 28.3. The Labute approximate surface area is 340 Å². The van der Waals surface area contributed by atoms with Crippen molar-refractivity contribution in [2.75, 3.05) is 9.80 Å². The van der Waals surface area contributed by atoms with Gasteiger partial charge in [-0.25, -0.2) is 0 Å². The van der Waals surface area contributed by atoms with E-state index in [0.717, 1.165) is 0 Å². The van der Waals surface area contributed by atoms with Gasteiger partial charge in [0, 0.05) is 22.2 Å². The fourth-order valence-corrected chi connectivity index (χ4v) is 10.6. The van der Waals surface area contributed by atoms with Crippen LogP contribution in [0.15, 0.2) is 158 Å². The van der Waals surface area contributed by atoms with E-state index in [1.807, 2.05) is 0 Å². The van der Waals surface area contributed by atoms with Gasteiger partial charge in [-0.15, -0.1) is 0 Å². The largest absolute Gasteiger partial charge is 0.309 e. The first-order valence-corrected chi connectivity index (χ1v) is 20.5. The molecule has 58 heavy (non-hydrogen) atoms. The van der Waals surface area contributed by atoms with E-state index in [1.54, 1.807) is 0 Å². The van der Waals surface area contributed by atoms with Crippen molar-refractivity contribution < 1.29 is 0 Å². The summed E-state index contributed by atoms with van der Waals surface area (Å²) >= 11 is 0. The Morgan fingerprint density at radius 1 is 0.345 bits per heavy atom. The quantitative estimate of drug-likeness (QED) is 0.174. The number of para-hydroxylation sites is 4. The van der Waals surface area contributed by atoms with Crippen LogP contribution in [0.4, 0.5) is 34.1 Å². The van der Waals surface area contributed by atoms with Gasteiger partial charge in [0.1, 0.15) is 0 Å². The Balaban J connectivity index is 1.04. The topological polar surface area (TPSA) is 6.48 Å². The van der Waals surface area contributed by atoms with Crippen molar-refractivity contribution in [1.82, 2.24) is 0 Å². The molecule has 276 valence electrons. The first kappa shape index (κ1) is 33.3. The van der Waals surface area contributed by atoms with E-state index in [2.05, 4.69) is 220 Å². The maximum absolute atomic E-state index is 2.55. The minimum absolute atomic E-state index is 0.218. The van der Waals surface area contributed by atoms with Crippen LogP contribution in [0, 0.1) is 0 Å². The van der Waals surface area contributed by atoms with E-state index < -0.39 is 0 Å². The molecular formula is C56H42N2. The highest BCUT2D eigenvalue weighted by atomic mass is 15.2. The molecule has 0 radical (unpaired) electrons. The second kappa shape index (κ2) is 11.8. The summed E-state index contributed by atoms with van der Waals surface area (Å²) in [6.07, 6.45) is 9.00. The van der Waals surface area contributed by atoms with Crippen LogP contribution in [0.2, 0.25) is 0 Å². The Bertz CT molecular complexity index is 3040. The maximum atomic E-state index is 2.55. The van der Waals surface area contributed by atoms with Crippen LogP contribution in [0.3, 0.4) is 0 Å². The fourth-order valence-electron chi connectivity index (χ4n) is 10.6. The molecule has 0 aromatic heterocycles. The van der Waals surface area contributed by atoms with E-state index >= 15 is 0 Å². The second-order valence-electron chi connectivity index (χ2n) is 17.4. The smallest absolute Gasteiger partial charge is 0.0534 e. The van der Waals surface area contributed by atoms with Gasteiger partial charge in [-0.1, -0.05) is 155 Å². The van der Waals surface area contributed by atoms with E-state index in [9.17, 15) is 0 Å². The zero-order chi connectivity index (χ0) is 38.9. The number of hydrogen-bond acceptors (Lipinski definition) is 2. The van der Waals surface area contributed by atoms with Crippen molar-refractivity contribution >= 4 is 69.2 Å². The molecule has 12 rings (SSSR count). The van der Waals surface area contributed by atoms with Gasteiger partial charge in [0.15, 0.2) is 0 Å². The Morgan fingerprint density at radius 2 is 0.776 bits per heavy atom. The molecule has 0 unspecified atom stereocenters. The molecule has 0 saturated heterocycles. The molecule has 2 aliphatic carbocycles. The van der Waals surface area contributed by atoms with Gasteiger partial charge in [-0.3, -0.25) is 0 Å². The Hall–Kier alpha value is -6.90. The predicted molar refractivity (Wildman–Crippen MR) is 246 cm³/mol. The van der Waals surface area contributed by atoms with Crippen LogP contribution < -0.4 is 9.80 Å². The molecule has 8 aromatic rings. The highest BCUT2D eigenvalue weighted by Gasteiger charge is 2.41. The lowest BCUT2D eigenvalue weighted by Crippen LogP contribution is -2.25. The summed E-state index contributed by atoms with van der Waals surface area (Å²) in [6.45, 7) is 9.69. The summed E-state index contributed by atoms with van der Waals surface area (Å²) in [7, 11) is 0. The highest BCUT2D eigenvalue weighted by molar-refractivity contribution is 6.13. The van der Waals surface area contributed by atoms with Crippen LogP contribution in [0.25, 0.3) is 57.3 Å². The standard InChI is InChI=1S/C56H42N2/c1-55(2)45-19-13-18-43-53-42-31-29-40(58-51-22-11-7-16-37(51)26-27-38-17-8-12-23-52(38)58)33-47(42)56(3,4)48(53)34-44(54(43)45)41-30-28-39(32-46(41)55)57-49-20-9-5-14-35(49)24-25-36-15-6-10-21-50(36)57/h5-34H,1-4H3. The lowest BCUT2D eigenvalue weighted by atomic mass is 9.67. The van der Waals surface area contributed by atoms with Crippen molar-refractivity contribution in [3.63, 3.8) is 0 Å². The summed E-state index contributed by atoms with van der Waals surface area (Å²) in [5.41, 5.74) is 22.5. The third kappa shape index (κ3) is 4.49. The highest BCUT2D eigenvalue weighted by Crippen LogP contribution is 2.59. The summed E-state index contributed by atoms with van der Waals surface area (Å²) < 4.78 is 0. The molecule has 0 atom stereocenters. The average Bonchev–Trinajstić information content (AvgIpc) is 3.37. The average molecular weight is 743 g/mol. The van der Waals surface area contributed by atoms with Crippen molar-refractivity contribution in [2.24, 2.45) is 0 Å². The van der Waals surface area contributed by atoms with E-state index in [0.29, 0.717) is 0 Å². The number of fused-ring (bicyclic) bond motifs is 10. The molecule has 0 saturated carbocycles. The van der Waals surface area contributed by atoms with E-state index in [-0.39, 0.29) is 10.8 Å². The zero-order valence-electron chi connectivity index (χ0n) is 33.2. The van der Waals surface area contributed by atoms with Crippen molar-refractivity contribution in [3.05, 3.63) is 202 Å². The first-order valence-electron chi connectivity index (χ1n) is 20.5.